The van der Waals surface area contributed by atoms with Crippen LogP contribution in [0.15, 0.2) is 36.4 Å². The minimum Gasteiger partial charge on any atom is -0.497 e. The van der Waals surface area contributed by atoms with Crippen molar-refractivity contribution < 1.29 is 19.0 Å². The summed E-state index contributed by atoms with van der Waals surface area (Å²) in [6.45, 7) is 1.56. The lowest BCUT2D eigenvalue weighted by Gasteiger charge is -2.19. The van der Waals surface area contributed by atoms with Gasteiger partial charge in [-0.25, -0.2) is 4.39 Å². The largest absolute Gasteiger partial charge is 0.497 e. The van der Waals surface area contributed by atoms with Crippen LogP contribution < -0.4 is 4.74 Å². The summed E-state index contributed by atoms with van der Waals surface area (Å²) in [6, 6.07) is 10.5. The zero-order valence-corrected chi connectivity index (χ0v) is 14.9. The Kier molecular flexibility index (Phi) is 5.30. The number of aliphatic hydroxyl groups excluding tert-OH is 1. The predicted molar refractivity (Wildman–Crippen MR) is 96.9 cm³/mol. The first-order valence-electron chi connectivity index (χ1n) is 8.20. The summed E-state index contributed by atoms with van der Waals surface area (Å²) in [4.78, 5) is 0. The van der Waals surface area contributed by atoms with Crippen molar-refractivity contribution in [3.63, 3.8) is 0 Å². The summed E-state index contributed by atoms with van der Waals surface area (Å²) < 4.78 is 25.0. The number of hydrogen-bond donors (Lipinski definition) is 1. The molecule has 132 valence electrons. The topological polar surface area (TPSA) is 38.7 Å². The van der Waals surface area contributed by atoms with Crippen LogP contribution in [0.25, 0.3) is 11.3 Å². The lowest BCUT2D eigenvalue weighted by atomic mass is 9.98. The van der Waals surface area contributed by atoms with Gasteiger partial charge in [0.1, 0.15) is 17.3 Å². The van der Waals surface area contributed by atoms with Crippen LogP contribution in [0.1, 0.15) is 36.5 Å². The Morgan fingerprint density at radius 1 is 1.16 bits per heavy atom. The Morgan fingerprint density at radius 3 is 2.64 bits per heavy atom. The molecule has 1 aliphatic carbocycles. The number of benzene rings is 2. The number of rotatable bonds is 4. The molecule has 0 aromatic heterocycles. The first-order valence-corrected chi connectivity index (χ1v) is 8.58. The van der Waals surface area contributed by atoms with E-state index in [4.69, 9.17) is 21.1 Å². The van der Waals surface area contributed by atoms with Gasteiger partial charge >= 0.3 is 0 Å². The maximum atomic E-state index is 14.0. The molecular formula is C20H20ClFO3. The van der Waals surface area contributed by atoms with Crippen molar-refractivity contribution in [1.29, 1.82) is 0 Å². The predicted octanol–water partition coefficient (Wildman–Crippen LogP) is 5.05. The molecule has 0 saturated heterocycles. The number of ether oxygens (including phenoxy) is 2. The number of allylic oxidation sites excluding steroid dienone is 1. The van der Waals surface area contributed by atoms with E-state index < -0.39 is 12.1 Å². The Balaban J connectivity index is 2.18. The highest BCUT2D eigenvalue weighted by Crippen LogP contribution is 2.38. The first-order chi connectivity index (χ1) is 12.0. The number of aliphatic hydroxyl groups is 1. The second-order valence-corrected chi connectivity index (χ2v) is 6.44. The maximum absolute atomic E-state index is 14.0. The molecule has 0 heterocycles. The fraction of sp³-hybridized carbons (Fsp3) is 0.300. The summed E-state index contributed by atoms with van der Waals surface area (Å²) in [6.07, 6.45) is 1.46. The summed E-state index contributed by atoms with van der Waals surface area (Å²) >= 11 is 5.81. The molecule has 0 saturated carbocycles. The van der Waals surface area contributed by atoms with Crippen LogP contribution in [0, 0.1) is 5.82 Å². The van der Waals surface area contributed by atoms with Crippen molar-refractivity contribution in [1.82, 2.24) is 0 Å². The van der Waals surface area contributed by atoms with E-state index in [0.29, 0.717) is 17.7 Å². The van der Waals surface area contributed by atoms with Gasteiger partial charge in [-0.1, -0.05) is 17.7 Å². The van der Waals surface area contributed by atoms with Crippen molar-refractivity contribution in [3.05, 3.63) is 63.9 Å². The van der Waals surface area contributed by atoms with Gasteiger partial charge in [-0.05, 0) is 67.6 Å². The van der Waals surface area contributed by atoms with Gasteiger partial charge in [0.2, 0.25) is 0 Å². The average Bonchev–Trinajstić information content (AvgIpc) is 2.76. The lowest BCUT2D eigenvalue weighted by Crippen LogP contribution is -2.08. The number of methoxy groups -OCH3 is 1. The van der Waals surface area contributed by atoms with Gasteiger partial charge < -0.3 is 14.6 Å². The third-order valence-electron chi connectivity index (χ3n) is 4.26. The van der Waals surface area contributed by atoms with E-state index in [9.17, 15) is 9.50 Å². The third-order valence-corrected chi connectivity index (χ3v) is 4.57. The second kappa shape index (κ2) is 7.46. The molecule has 2 aromatic rings. The molecule has 3 rings (SSSR count). The van der Waals surface area contributed by atoms with Crippen LogP contribution in [-0.2, 0) is 11.2 Å². The maximum Gasteiger partial charge on any atom is 0.194 e. The summed E-state index contributed by atoms with van der Waals surface area (Å²) in [5.41, 5.74) is 3.55. The number of halogens is 2. The molecule has 2 aromatic carbocycles. The first kappa shape index (κ1) is 17.8. The normalized spacial score (nSPS) is 15.4. The van der Waals surface area contributed by atoms with E-state index in [1.54, 1.807) is 26.2 Å². The average molecular weight is 363 g/mol. The van der Waals surface area contributed by atoms with E-state index >= 15 is 0 Å². The van der Waals surface area contributed by atoms with Crippen LogP contribution in [0.5, 0.6) is 5.75 Å². The molecule has 0 bridgehead atoms. The molecular weight excluding hydrogens is 343 g/mol. The number of fused-ring (bicyclic) bond motifs is 1. The molecule has 25 heavy (non-hydrogen) atoms. The van der Waals surface area contributed by atoms with Gasteiger partial charge in [0, 0.05) is 11.1 Å². The van der Waals surface area contributed by atoms with E-state index in [1.807, 2.05) is 18.2 Å². The van der Waals surface area contributed by atoms with Crippen molar-refractivity contribution in [2.75, 3.05) is 7.11 Å². The molecule has 5 heteroatoms. The van der Waals surface area contributed by atoms with Gasteiger partial charge in [0.25, 0.3) is 0 Å². The molecule has 0 aliphatic heterocycles. The molecule has 0 amide bonds. The van der Waals surface area contributed by atoms with Crippen LogP contribution in [0.4, 0.5) is 4.39 Å². The molecule has 0 fully saturated rings. The van der Waals surface area contributed by atoms with Crippen LogP contribution in [0.3, 0.4) is 0 Å². The smallest absolute Gasteiger partial charge is 0.194 e. The van der Waals surface area contributed by atoms with E-state index in [1.165, 1.54) is 6.07 Å². The minimum absolute atomic E-state index is 0.0844. The van der Waals surface area contributed by atoms with Crippen molar-refractivity contribution in [2.24, 2.45) is 0 Å². The highest BCUT2D eigenvalue weighted by molar-refractivity contribution is 6.30. The fourth-order valence-corrected chi connectivity index (χ4v) is 3.24. The molecule has 1 atom stereocenters. The van der Waals surface area contributed by atoms with Crippen molar-refractivity contribution in [3.8, 4) is 5.75 Å². The molecule has 1 aliphatic rings. The second-order valence-electron chi connectivity index (χ2n) is 6.03. The molecule has 1 unspecified atom stereocenters. The van der Waals surface area contributed by atoms with Crippen LogP contribution >= 0.6 is 11.6 Å². The SMILES string of the molecule is COc1ccc2c(c1)CCCC(c1ccc(Cl)c(F)c1)=C2OC(C)O. The van der Waals surface area contributed by atoms with Crippen LogP contribution in [0.2, 0.25) is 5.02 Å². The quantitative estimate of drug-likeness (QED) is 0.774. The molecule has 1 N–H and O–H groups in total. The Morgan fingerprint density at radius 2 is 1.96 bits per heavy atom. The molecule has 3 nitrogen and oxygen atoms in total. The summed E-state index contributed by atoms with van der Waals surface area (Å²) in [7, 11) is 1.63. The highest BCUT2D eigenvalue weighted by atomic mass is 35.5. The molecule has 0 radical (unpaired) electrons. The summed E-state index contributed by atoms with van der Waals surface area (Å²) in [5.74, 6) is 0.880. The van der Waals surface area contributed by atoms with E-state index in [2.05, 4.69) is 0 Å². The Labute approximate surface area is 151 Å². The van der Waals surface area contributed by atoms with Gasteiger partial charge in [0.05, 0.1) is 12.1 Å². The van der Waals surface area contributed by atoms with E-state index in [0.717, 1.165) is 35.3 Å². The van der Waals surface area contributed by atoms with Crippen LogP contribution in [-0.4, -0.2) is 18.5 Å². The van der Waals surface area contributed by atoms with E-state index in [-0.39, 0.29) is 5.02 Å². The monoisotopic (exact) mass is 362 g/mol. The fourth-order valence-electron chi connectivity index (χ4n) is 3.12. The van der Waals surface area contributed by atoms with Crippen molar-refractivity contribution >= 4 is 22.9 Å². The van der Waals surface area contributed by atoms with Gasteiger partial charge in [-0.3, -0.25) is 0 Å². The number of aryl methyl sites for hydroxylation is 1. The Bertz CT molecular complexity index is 815. The van der Waals surface area contributed by atoms with Crippen molar-refractivity contribution in [2.45, 2.75) is 32.5 Å². The minimum atomic E-state index is -0.977. The van der Waals surface area contributed by atoms with Gasteiger partial charge in [-0.15, -0.1) is 0 Å². The highest BCUT2D eigenvalue weighted by Gasteiger charge is 2.22. The zero-order valence-electron chi connectivity index (χ0n) is 14.2. The third kappa shape index (κ3) is 3.80. The number of hydrogen-bond acceptors (Lipinski definition) is 3. The zero-order chi connectivity index (χ0) is 18.0. The van der Waals surface area contributed by atoms with Gasteiger partial charge in [0.15, 0.2) is 6.29 Å². The standard InChI is InChI=1S/C20H20ClFO3/c1-12(23)25-20-16(14-6-9-18(21)19(22)11-14)5-3-4-13-10-15(24-2)7-8-17(13)20/h6-12,23H,3-5H2,1-2H3. The summed E-state index contributed by atoms with van der Waals surface area (Å²) in [5, 5.41) is 9.89. The van der Waals surface area contributed by atoms with Gasteiger partial charge in [-0.2, -0.15) is 0 Å². The molecule has 0 spiro atoms. The lowest BCUT2D eigenvalue weighted by molar-refractivity contribution is -0.0219. The Hall–Kier alpha value is -2.04.